The molecule has 104 valence electrons. The minimum atomic E-state index is -0.629. The quantitative estimate of drug-likeness (QED) is 0.581. The molecule has 0 unspecified atom stereocenters. The van der Waals surface area contributed by atoms with Crippen LogP contribution in [-0.4, -0.2) is 11.0 Å². The van der Waals surface area contributed by atoms with Crippen LogP contribution in [0.3, 0.4) is 0 Å². The van der Waals surface area contributed by atoms with E-state index in [0.717, 1.165) is 22.6 Å². The molecular weight excluding hydrogens is 280 g/mol. The van der Waals surface area contributed by atoms with Gasteiger partial charge in [0.15, 0.2) is 0 Å². The highest BCUT2D eigenvalue weighted by atomic mass is 32.1. The van der Waals surface area contributed by atoms with Gasteiger partial charge in [-0.1, -0.05) is 17.4 Å². The number of carbonyl (C=O) groups excluding carboxylic acids is 1. The summed E-state index contributed by atoms with van der Waals surface area (Å²) in [4.78, 5) is 20.9. The number of rotatable bonds is 5. The van der Waals surface area contributed by atoms with Crippen molar-refractivity contribution in [3.8, 4) is 0 Å². The average Bonchev–Trinajstić information content (AvgIpc) is 2.85. The number of nitrogens with two attached hydrogens (primary N) is 1. The van der Waals surface area contributed by atoms with E-state index >= 15 is 0 Å². The minimum Gasteiger partial charge on any atom is -0.381 e. The molecule has 0 fully saturated rings. The normalized spacial score (nSPS) is 10.0. The van der Waals surface area contributed by atoms with E-state index in [1.54, 1.807) is 23.6 Å². The second kappa shape index (κ2) is 6.02. The summed E-state index contributed by atoms with van der Waals surface area (Å²) in [5, 5.41) is 18.0. The average molecular weight is 292 g/mol. The number of benzene rings is 1. The highest BCUT2D eigenvalue weighted by Crippen LogP contribution is 2.23. The van der Waals surface area contributed by atoms with Gasteiger partial charge in [0.1, 0.15) is 0 Å². The highest BCUT2D eigenvalue weighted by Gasteiger charge is 2.09. The lowest BCUT2D eigenvalue weighted by Gasteiger charge is -2.07. The van der Waals surface area contributed by atoms with Crippen molar-refractivity contribution in [2.75, 3.05) is 10.6 Å². The Bertz CT molecular complexity index is 641. The number of nitrogens with one attached hydrogen (secondary N) is 2. The first kappa shape index (κ1) is 13.8. The standard InChI is InChI=1S/C12H12N4O3S/c13-12(17)15-10-3-1-2-9(5-10)14-6-8-4-11(16(18)19)20-7-8/h1-5,7,14H,6H2,(H3,13,15,17). The van der Waals surface area contributed by atoms with Gasteiger partial charge in [-0.15, -0.1) is 0 Å². The maximum Gasteiger partial charge on any atom is 0.324 e. The van der Waals surface area contributed by atoms with Crippen LogP contribution < -0.4 is 16.4 Å². The Balaban J connectivity index is 1.99. The van der Waals surface area contributed by atoms with Crippen LogP contribution in [0, 0.1) is 10.1 Å². The van der Waals surface area contributed by atoms with Crippen LogP contribution in [0.25, 0.3) is 0 Å². The number of nitro groups is 1. The van der Waals surface area contributed by atoms with Crippen molar-refractivity contribution in [1.82, 2.24) is 0 Å². The summed E-state index contributed by atoms with van der Waals surface area (Å²) in [5.41, 5.74) is 7.23. The first-order chi connectivity index (χ1) is 9.54. The molecule has 8 heteroatoms. The number of urea groups is 1. The van der Waals surface area contributed by atoms with Crippen LogP contribution in [0.15, 0.2) is 35.7 Å². The molecule has 0 spiro atoms. The molecule has 0 saturated heterocycles. The molecule has 20 heavy (non-hydrogen) atoms. The second-order valence-electron chi connectivity index (χ2n) is 3.97. The molecule has 0 radical (unpaired) electrons. The Kier molecular flexibility index (Phi) is 4.16. The van der Waals surface area contributed by atoms with E-state index in [0.29, 0.717) is 12.2 Å². The Morgan fingerprint density at radius 3 is 2.75 bits per heavy atom. The predicted octanol–water partition coefficient (Wildman–Crippen LogP) is 2.76. The van der Waals surface area contributed by atoms with E-state index in [9.17, 15) is 14.9 Å². The highest BCUT2D eigenvalue weighted by molar-refractivity contribution is 7.13. The van der Waals surface area contributed by atoms with Gasteiger partial charge in [0.25, 0.3) is 0 Å². The zero-order valence-electron chi connectivity index (χ0n) is 10.3. The monoisotopic (exact) mass is 292 g/mol. The molecule has 0 bridgehead atoms. The Hall–Kier alpha value is -2.61. The van der Waals surface area contributed by atoms with Crippen LogP contribution in [0.5, 0.6) is 0 Å². The molecule has 0 atom stereocenters. The smallest absolute Gasteiger partial charge is 0.324 e. The molecule has 1 aromatic heterocycles. The third kappa shape index (κ3) is 3.69. The van der Waals surface area contributed by atoms with Gasteiger partial charge >= 0.3 is 11.0 Å². The lowest BCUT2D eigenvalue weighted by Crippen LogP contribution is -2.19. The first-order valence-electron chi connectivity index (χ1n) is 5.67. The van der Waals surface area contributed by atoms with Gasteiger partial charge in [-0.3, -0.25) is 10.1 Å². The molecule has 2 amide bonds. The molecular formula is C12H12N4O3S. The van der Waals surface area contributed by atoms with Gasteiger partial charge in [-0.25, -0.2) is 4.79 Å². The minimum absolute atomic E-state index is 0.117. The lowest BCUT2D eigenvalue weighted by atomic mass is 10.2. The van der Waals surface area contributed by atoms with Gasteiger partial charge in [0.2, 0.25) is 0 Å². The maximum absolute atomic E-state index is 10.8. The fraction of sp³-hybridized carbons (Fsp3) is 0.0833. The van der Waals surface area contributed by atoms with Gasteiger partial charge < -0.3 is 16.4 Å². The molecule has 0 aliphatic rings. The molecule has 2 aromatic rings. The van der Waals surface area contributed by atoms with E-state index in [4.69, 9.17) is 5.73 Å². The van der Waals surface area contributed by atoms with Gasteiger partial charge in [0, 0.05) is 29.4 Å². The molecule has 0 saturated carbocycles. The topological polar surface area (TPSA) is 110 Å². The van der Waals surface area contributed by atoms with Crippen LogP contribution in [0.2, 0.25) is 0 Å². The number of nitrogens with zero attached hydrogens (tertiary/aromatic N) is 1. The van der Waals surface area contributed by atoms with Crippen LogP contribution >= 0.6 is 11.3 Å². The van der Waals surface area contributed by atoms with Crippen molar-refractivity contribution in [2.24, 2.45) is 5.73 Å². The SMILES string of the molecule is NC(=O)Nc1cccc(NCc2csc([N+](=O)[O-])c2)c1. The van der Waals surface area contributed by atoms with Crippen molar-refractivity contribution < 1.29 is 9.72 Å². The van der Waals surface area contributed by atoms with Crippen molar-refractivity contribution in [2.45, 2.75) is 6.54 Å². The van der Waals surface area contributed by atoms with E-state index in [1.165, 1.54) is 6.07 Å². The van der Waals surface area contributed by atoms with Crippen molar-refractivity contribution >= 4 is 33.7 Å². The number of anilines is 2. The fourth-order valence-electron chi connectivity index (χ4n) is 1.60. The van der Waals surface area contributed by atoms with E-state index < -0.39 is 11.0 Å². The Morgan fingerprint density at radius 2 is 2.10 bits per heavy atom. The second-order valence-corrected chi connectivity index (χ2v) is 4.86. The Labute approximate surface area is 118 Å². The van der Waals surface area contributed by atoms with Gasteiger partial charge in [-0.2, -0.15) is 0 Å². The third-order valence-corrected chi connectivity index (χ3v) is 3.38. The number of thiophene rings is 1. The van der Waals surface area contributed by atoms with Crippen molar-refractivity contribution in [1.29, 1.82) is 0 Å². The summed E-state index contributed by atoms with van der Waals surface area (Å²) < 4.78 is 0. The van der Waals surface area contributed by atoms with E-state index in [2.05, 4.69) is 10.6 Å². The zero-order valence-corrected chi connectivity index (χ0v) is 11.1. The molecule has 0 aliphatic carbocycles. The number of amides is 2. The summed E-state index contributed by atoms with van der Waals surface area (Å²) >= 11 is 1.09. The number of primary amides is 1. The largest absolute Gasteiger partial charge is 0.381 e. The molecule has 1 heterocycles. The fourth-order valence-corrected chi connectivity index (χ4v) is 2.33. The van der Waals surface area contributed by atoms with Crippen LogP contribution in [0.1, 0.15) is 5.56 Å². The molecule has 0 aliphatic heterocycles. The van der Waals surface area contributed by atoms with E-state index in [1.807, 2.05) is 6.07 Å². The summed E-state index contributed by atoms with van der Waals surface area (Å²) in [6.45, 7) is 0.463. The van der Waals surface area contributed by atoms with Crippen molar-refractivity contribution in [3.05, 3.63) is 51.4 Å². The van der Waals surface area contributed by atoms with Crippen molar-refractivity contribution in [3.63, 3.8) is 0 Å². The molecule has 2 rings (SSSR count). The molecule has 4 N–H and O–H groups in total. The predicted molar refractivity (Wildman–Crippen MR) is 77.9 cm³/mol. The Morgan fingerprint density at radius 1 is 1.35 bits per heavy atom. The zero-order chi connectivity index (χ0) is 14.5. The summed E-state index contributed by atoms with van der Waals surface area (Å²) in [7, 11) is 0. The van der Waals surface area contributed by atoms with Gasteiger partial charge in [-0.05, 0) is 23.8 Å². The number of carbonyl (C=O) groups is 1. The summed E-state index contributed by atoms with van der Waals surface area (Å²) in [6.07, 6.45) is 0. The van der Waals surface area contributed by atoms with E-state index in [-0.39, 0.29) is 5.00 Å². The summed E-state index contributed by atoms with van der Waals surface area (Å²) in [5.74, 6) is 0. The summed E-state index contributed by atoms with van der Waals surface area (Å²) in [6, 6.07) is 7.94. The molecule has 7 nitrogen and oxygen atoms in total. The number of hydrogen-bond donors (Lipinski definition) is 3. The third-order valence-electron chi connectivity index (χ3n) is 2.45. The van der Waals surface area contributed by atoms with Gasteiger partial charge in [0.05, 0.1) is 4.92 Å². The van der Waals surface area contributed by atoms with Crippen LogP contribution in [-0.2, 0) is 6.54 Å². The molecule has 1 aromatic carbocycles. The maximum atomic E-state index is 10.8. The lowest BCUT2D eigenvalue weighted by molar-refractivity contribution is -0.380. The van der Waals surface area contributed by atoms with Crippen LogP contribution in [0.4, 0.5) is 21.2 Å². The number of hydrogen-bond acceptors (Lipinski definition) is 5. The first-order valence-corrected chi connectivity index (χ1v) is 6.55.